The lowest BCUT2D eigenvalue weighted by Gasteiger charge is -2.41. The molecule has 0 saturated carbocycles. The van der Waals surface area contributed by atoms with E-state index in [2.05, 4.69) is 30.7 Å². The van der Waals surface area contributed by atoms with Crippen LogP contribution in [0.2, 0.25) is 0 Å². The number of fused-ring (bicyclic) bond motifs is 2. The number of hydrogen-bond acceptors (Lipinski definition) is 8. The zero-order valence-corrected chi connectivity index (χ0v) is 21.0. The summed E-state index contributed by atoms with van der Waals surface area (Å²) in [6.45, 7) is 1.57. The van der Waals surface area contributed by atoms with Gasteiger partial charge >= 0.3 is 0 Å². The van der Waals surface area contributed by atoms with Gasteiger partial charge in [-0.05, 0) is 31.2 Å². The van der Waals surface area contributed by atoms with Gasteiger partial charge in [0.05, 0.1) is 44.4 Å². The molecule has 4 aromatic heterocycles. The second-order valence-electron chi connectivity index (χ2n) is 9.26. The maximum atomic E-state index is 12.9. The van der Waals surface area contributed by atoms with Crippen molar-refractivity contribution in [2.75, 3.05) is 51.0 Å². The highest BCUT2D eigenvalue weighted by Gasteiger charge is 2.39. The van der Waals surface area contributed by atoms with Crippen LogP contribution in [0.1, 0.15) is 12.8 Å². The van der Waals surface area contributed by atoms with Crippen LogP contribution in [0.4, 0.5) is 29.3 Å². The standard InChI is InChI=1S/C16H16F2N8.C8H13F2NO/c1-19-14-13-9(5-6-26(13)24-16(20-2)23-14)10-3-4-11-15(22-10)25(8-21-11)7-12(17)18;9-8(10)2-1-3-11(6-8)7-4-12-5-7/h3-6,8,12H,7H2,1-2H3,(H2,19,20,23,24);7H,1-6H2. The smallest absolute Gasteiger partial charge is 0.260 e. The predicted molar refractivity (Wildman–Crippen MR) is 135 cm³/mol. The van der Waals surface area contributed by atoms with Gasteiger partial charge < -0.3 is 19.9 Å². The van der Waals surface area contributed by atoms with Crippen LogP contribution in [-0.2, 0) is 11.3 Å². The molecule has 0 amide bonds. The van der Waals surface area contributed by atoms with E-state index in [1.165, 1.54) is 10.9 Å². The number of likely N-dealkylation sites (tertiary alicyclic amines) is 1. The molecule has 14 heteroatoms. The molecule has 6 heterocycles. The number of nitrogens with one attached hydrogen (secondary N) is 2. The lowest BCUT2D eigenvalue weighted by atomic mass is 10.0. The summed E-state index contributed by atoms with van der Waals surface area (Å²) in [4.78, 5) is 14.9. The average Bonchev–Trinajstić information content (AvgIpc) is 3.45. The van der Waals surface area contributed by atoms with Crippen molar-refractivity contribution in [3.05, 3.63) is 30.7 Å². The van der Waals surface area contributed by atoms with Crippen molar-refractivity contribution in [1.29, 1.82) is 0 Å². The van der Waals surface area contributed by atoms with Crippen molar-refractivity contribution in [3.8, 4) is 11.3 Å². The van der Waals surface area contributed by atoms with Gasteiger partial charge in [0.25, 0.3) is 12.3 Å². The first kappa shape index (κ1) is 26.1. The van der Waals surface area contributed by atoms with Crippen molar-refractivity contribution in [3.63, 3.8) is 0 Å². The number of anilines is 2. The number of nitrogens with zero attached hydrogens (tertiary/aromatic N) is 7. The molecule has 0 aromatic carbocycles. The highest BCUT2D eigenvalue weighted by Crippen LogP contribution is 2.30. The molecule has 204 valence electrons. The number of pyridine rings is 1. The molecule has 0 unspecified atom stereocenters. The number of halogens is 4. The first-order valence-electron chi connectivity index (χ1n) is 12.3. The maximum Gasteiger partial charge on any atom is 0.260 e. The fourth-order valence-corrected chi connectivity index (χ4v) is 4.63. The summed E-state index contributed by atoms with van der Waals surface area (Å²) in [7, 11) is 3.51. The van der Waals surface area contributed by atoms with E-state index in [1.54, 1.807) is 30.9 Å². The molecule has 4 aromatic rings. The van der Waals surface area contributed by atoms with Crippen LogP contribution in [0.15, 0.2) is 30.7 Å². The zero-order valence-electron chi connectivity index (χ0n) is 21.0. The number of piperidine rings is 1. The van der Waals surface area contributed by atoms with Crippen LogP contribution >= 0.6 is 0 Å². The molecule has 0 spiro atoms. The topological polar surface area (TPSA) is 97.4 Å². The summed E-state index contributed by atoms with van der Waals surface area (Å²) >= 11 is 0. The van der Waals surface area contributed by atoms with Crippen molar-refractivity contribution in [2.45, 2.75) is 37.8 Å². The third kappa shape index (κ3) is 5.36. The highest BCUT2D eigenvalue weighted by atomic mass is 19.3. The number of alkyl halides is 4. The first-order chi connectivity index (χ1) is 18.3. The minimum absolute atomic E-state index is 0.0527. The van der Waals surface area contributed by atoms with Gasteiger partial charge in [0, 0.05) is 32.3 Å². The molecule has 2 aliphatic rings. The maximum absolute atomic E-state index is 12.9. The SMILES string of the molecule is CNc1nc(NC)c2c(-c3ccc4ncn(CC(F)F)c4n3)ccn2n1.FC1(F)CCCN(C2COC2)C1. The van der Waals surface area contributed by atoms with Crippen molar-refractivity contribution >= 4 is 28.4 Å². The summed E-state index contributed by atoms with van der Waals surface area (Å²) in [6, 6.07) is 5.70. The monoisotopic (exact) mass is 535 g/mol. The molecule has 6 rings (SSSR count). The Hall–Kier alpha value is -3.52. The lowest BCUT2D eigenvalue weighted by Crippen LogP contribution is -2.55. The molecule has 2 fully saturated rings. The number of imidazole rings is 1. The molecule has 0 bridgehead atoms. The molecule has 2 aliphatic heterocycles. The van der Waals surface area contributed by atoms with Gasteiger partial charge in [-0.15, -0.1) is 5.10 Å². The second kappa shape index (κ2) is 10.7. The quantitative estimate of drug-likeness (QED) is 0.362. The van der Waals surface area contributed by atoms with E-state index >= 15 is 0 Å². The van der Waals surface area contributed by atoms with Gasteiger partial charge in [0.15, 0.2) is 11.5 Å². The second-order valence-corrected chi connectivity index (χ2v) is 9.26. The Kier molecular flexibility index (Phi) is 7.34. The van der Waals surface area contributed by atoms with Gasteiger partial charge in [-0.2, -0.15) is 4.98 Å². The Bertz CT molecular complexity index is 1400. The Labute approximate surface area is 216 Å². The molecule has 0 aliphatic carbocycles. The normalized spacial score (nSPS) is 17.9. The summed E-state index contributed by atoms with van der Waals surface area (Å²) in [6.07, 6.45) is 1.38. The molecule has 2 saturated heterocycles. The number of ether oxygens (including phenoxy) is 1. The number of aromatic nitrogens is 6. The average molecular weight is 536 g/mol. The van der Waals surface area contributed by atoms with Crippen molar-refractivity contribution < 1.29 is 22.3 Å². The lowest BCUT2D eigenvalue weighted by molar-refractivity contribution is -0.126. The molecular weight excluding hydrogens is 506 g/mol. The Morgan fingerprint density at radius 3 is 2.61 bits per heavy atom. The van der Waals surface area contributed by atoms with Crippen LogP contribution < -0.4 is 10.6 Å². The third-order valence-electron chi connectivity index (χ3n) is 6.60. The number of hydrogen-bond donors (Lipinski definition) is 2. The van der Waals surface area contributed by atoms with E-state index in [1.807, 2.05) is 17.0 Å². The van der Waals surface area contributed by atoms with E-state index in [9.17, 15) is 17.6 Å². The van der Waals surface area contributed by atoms with Gasteiger partial charge in [-0.3, -0.25) is 4.90 Å². The molecule has 2 N–H and O–H groups in total. The van der Waals surface area contributed by atoms with E-state index in [0.29, 0.717) is 48.3 Å². The van der Waals surface area contributed by atoms with E-state index in [-0.39, 0.29) is 19.0 Å². The largest absolute Gasteiger partial charge is 0.378 e. The molecule has 0 atom stereocenters. The summed E-state index contributed by atoms with van der Waals surface area (Å²) in [5, 5.41) is 10.3. The molecule has 0 radical (unpaired) electrons. The summed E-state index contributed by atoms with van der Waals surface area (Å²) in [5.74, 6) is -1.36. The van der Waals surface area contributed by atoms with E-state index in [0.717, 1.165) is 17.6 Å². The van der Waals surface area contributed by atoms with Crippen LogP contribution in [0.25, 0.3) is 27.9 Å². The van der Waals surface area contributed by atoms with E-state index < -0.39 is 18.9 Å². The van der Waals surface area contributed by atoms with Crippen molar-refractivity contribution in [2.24, 2.45) is 0 Å². The predicted octanol–water partition coefficient (Wildman–Crippen LogP) is 3.61. The van der Waals surface area contributed by atoms with Gasteiger partial charge in [-0.25, -0.2) is 32.0 Å². The summed E-state index contributed by atoms with van der Waals surface area (Å²) in [5.41, 5.74) is 3.16. The Morgan fingerprint density at radius 1 is 1.13 bits per heavy atom. The summed E-state index contributed by atoms with van der Waals surface area (Å²) < 4.78 is 59.3. The van der Waals surface area contributed by atoms with E-state index in [4.69, 9.17) is 4.74 Å². The molecular formula is C24H29F4N9O. The fourth-order valence-electron chi connectivity index (χ4n) is 4.63. The Morgan fingerprint density at radius 2 is 1.95 bits per heavy atom. The van der Waals surface area contributed by atoms with Crippen LogP contribution in [0.5, 0.6) is 0 Å². The van der Waals surface area contributed by atoms with Crippen LogP contribution in [0, 0.1) is 0 Å². The van der Waals surface area contributed by atoms with Crippen LogP contribution in [0.3, 0.4) is 0 Å². The van der Waals surface area contributed by atoms with Gasteiger partial charge in [0.1, 0.15) is 11.0 Å². The van der Waals surface area contributed by atoms with Gasteiger partial charge in [0.2, 0.25) is 5.95 Å². The number of rotatable bonds is 6. The minimum Gasteiger partial charge on any atom is -0.378 e. The van der Waals surface area contributed by atoms with Crippen molar-refractivity contribution in [1.82, 2.24) is 34.0 Å². The zero-order chi connectivity index (χ0) is 26.9. The highest BCUT2D eigenvalue weighted by molar-refractivity contribution is 5.89. The minimum atomic E-state index is -2.47. The van der Waals surface area contributed by atoms with Gasteiger partial charge in [-0.1, -0.05) is 0 Å². The first-order valence-corrected chi connectivity index (χ1v) is 12.3. The molecule has 38 heavy (non-hydrogen) atoms. The van der Waals surface area contributed by atoms with Crippen LogP contribution in [-0.4, -0.2) is 92.8 Å². The fraction of sp³-hybridized carbons (Fsp3) is 0.500. The third-order valence-corrected chi connectivity index (χ3v) is 6.60. The Balaban J connectivity index is 0.000000204. The molecule has 10 nitrogen and oxygen atoms in total.